The first-order valence-corrected chi connectivity index (χ1v) is 12.6. The maximum atomic E-state index is 12.7. The molecule has 0 saturated carbocycles. The lowest BCUT2D eigenvalue weighted by Crippen LogP contribution is -2.38. The summed E-state index contributed by atoms with van der Waals surface area (Å²) in [5, 5.41) is 1.80. The van der Waals surface area contributed by atoms with Gasteiger partial charge in [-0.1, -0.05) is 20.8 Å². The Morgan fingerprint density at radius 2 is 1.91 bits per heavy atom. The van der Waals surface area contributed by atoms with Crippen LogP contribution in [0.5, 0.6) is 0 Å². The van der Waals surface area contributed by atoms with E-state index in [-0.39, 0.29) is 41.7 Å². The van der Waals surface area contributed by atoms with Crippen LogP contribution < -0.4 is 5.63 Å². The molecule has 1 fully saturated rings. The molecule has 1 amide bonds. The number of fused-ring (bicyclic) bond motifs is 2. The van der Waals surface area contributed by atoms with Gasteiger partial charge in [0, 0.05) is 47.5 Å². The van der Waals surface area contributed by atoms with Crippen molar-refractivity contribution >= 4 is 37.7 Å². The lowest BCUT2D eigenvalue weighted by molar-refractivity contribution is -0.131. The third-order valence-electron chi connectivity index (χ3n) is 6.53. The van der Waals surface area contributed by atoms with E-state index in [1.54, 1.807) is 19.4 Å². The topological polar surface area (TPSA) is 97.8 Å². The minimum Gasteiger partial charge on any atom is -0.464 e. The number of rotatable bonds is 4. The molecule has 1 atom stereocenters. The zero-order chi connectivity index (χ0) is 23.4. The molecule has 0 radical (unpaired) electrons. The van der Waals surface area contributed by atoms with Gasteiger partial charge in [0.25, 0.3) is 0 Å². The molecular weight excluding hydrogens is 430 g/mol. The van der Waals surface area contributed by atoms with Gasteiger partial charge in [-0.05, 0) is 36.8 Å². The van der Waals surface area contributed by atoms with Crippen LogP contribution >= 0.6 is 0 Å². The van der Waals surface area contributed by atoms with Gasteiger partial charge >= 0.3 is 5.63 Å². The molecule has 3 heterocycles. The highest BCUT2D eigenvalue weighted by Gasteiger charge is 2.32. The van der Waals surface area contributed by atoms with Crippen molar-refractivity contribution in [1.82, 2.24) is 4.90 Å². The molecule has 8 heteroatoms. The lowest BCUT2D eigenvalue weighted by atomic mass is 9.86. The van der Waals surface area contributed by atoms with Crippen molar-refractivity contribution in [3.05, 3.63) is 45.5 Å². The molecule has 172 valence electrons. The fraction of sp³-hybridized carbons (Fsp3) is 0.500. The van der Waals surface area contributed by atoms with Gasteiger partial charge in [-0.15, -0.1) is 0 Å². The first-order valence-electron chi connectivity index (χ1n) is 10.8. The van der Waals surface area contributed by atoms with Crippen molar-refractivity contribution in [2.45, 2.75) is 58.4 Å². The Morgan fingerprint density at radius 3 is 2.53 bits per heavy atom. The van der Waals surface area contributed by atoms with E-state index in [4.69, 9.17) is 8.83 Å². The highest BCUT2D eigenvalue weighted by atomic mass is 32.2. The number of aryl methyl sites for hydroxylation is 1. The van der Waals surface area contributed by atoms with Crippen molar-refractivity contribution in [1.29, 1.82) is 0 Å². The summed E-state index contributed by atoms with van der Waals surface area (Å²) in [6.45, 7) is 8.21. The van der Waals surface area contributed by atoms with Crippen LogP contribution in [0.25, 0.3) is 21.9 Å². The summed E-state index contributed by atoms with van der Waals surface area (Å²) >= 11 is 0. The Morgan fingerprint density at radius 1 is 1.19 bits per heavy atom. The molecule has 4 rings (SSSR count). The fourth-order valence-corrected chi connectivity index (χ4v) is 6.25. The minimum atomic E-state index is -3.07. The molecule has 2 aromatic heterocycles. The van der Waals surface area contributed by atoms with E-state index in [1.807, 2.05) is 13.0 Å². The minimum absolute atomic E-state index is 0.00317. The molecule has 3 aromatic rings. The zero-order valence-electron chi connectivity index (χ0n) is 19.1. The molecule has 1 unspecified atom stereocenters. The van der Waals surface area contributed by atoms with Gasteiger partial charge in [0.1, 0.15) is 11.2 Å². The Bertz CT molecular complexity index is 1370. The third kappa shape index (κ3) is 4.08. The predicted octanol–water partition coefficient (Wildman–Crippen LogP) is 3.72. The summed E-state index contributed by atoms with van der Waals surface area (Å²) in [6, 6.07) is 3.44. The average Bonchev–Trinajstić information content (AvgIpc) is 3.28. The smallest absolute Gasteiger partial charge is 0.339 e. The van der Waals surface area contributed by atoms with Crippen LogP contribution in [-0.4, -0.2) is 43.8 Å². The lowest BCUT2D eigenvalue weighted by Gasteiger charge is -2.23. The van der Waals surface area contributed by atoms with Gasteiger partial charge in [-0.3, -0.25) is 4.79 Å². The molecule has 1 aromatic carbocycles. The van der Waals surface area contributed by atoms with Crippen LogP contribution in [0.2, 0.25) is 0 Å². The second-order valence-corrected chi connectivity index (χ2v) is 12.0. The number of amides is 1. The van der Waals surface area contributed by atoms with E-state index in [1.165, 1.54) is 4.90 Å². The van der Waals surface area contributed by atoms with Gasteiger partial charge in [-0.2, -0.15) is 0 Å². The largest absolute Gasteiger partial charge is 0.464 e. The third-order valence-corrected chi connectivity index (χ3v) is 8.28. The highest BCUT2D eigenvalue weighted by molar-refractivity contribution is 7.91. The first kappa shape index (κ1) is 22.6. The van der Waals surface area contributed by atoms with Gasteiger partial charge in [-0.25, -0.2) is 13.2 Å². The number of furan rings is 1. The molecule has 0 spiro atoms. The predicted molar refractivity (Wildman–Crippen MR) is 124 cm³/mol. The molecule has 1 saturated heterocycles. The second kappa shape index (κ2) is 7.76. The maximum absolute atomic E-state index is 12.7. The van der Waals surface area contributed by atoms with Crippen LogP contribution in [0.4, 0.5) is 0 Å². The van der Waals surface area contributed by atoms with Gasteiger partial charge in [0.2, 0.25) is 5.91 Å². The average molecular weight is 460 g/mol. The Balaban J connectivity index is 1.63. The number of carbonyl (C=O) groups excluding carboxylic acids is 1. The summed E-state index contributed by atoms with van der Waals surface area (Å²) in [5.74, 6) is -0.0588. The van der Waals surface area contributed by atoms with Crippen LogP contribution in [0, 0.1) is 6.92 Å². The molecule has 1 aliphatic rings. The summed E-state index contributed by atoms with van der Waals surface area (Å²) < 4.78 is 34.7. The Hall–Kier alpha value is -2.61. The second-order valence-electron chi connectivity index (χ2n) is 9.80. The van der Waals surface area contributed by atoms with E-state index in [9.17, 15) is 18.0 Å². The van der Waals surface area contributed by atoms with Crippen LogP contribution in [0.15, 0.2) is 32.0 Å². The number of nitrogens with zero attached hydrogens (tertiary/aromatic N) is 1. The summed E-state index contributed by atoms with van der Waals surface area (Å²) in [4.78, 5) is 26.9. The van der Waals surface area contributed by atoms with Crippen molar-refractivity contribution in [3.63, 3.8) is 0 Å². The summed E-state index contributed by atoms with van der Waals surface area (Å²) in [6.07, 6.45) is 2.56. The molecule has 32 heavy (non-hydrogen) atoms. The molecule has 7 nitrogen and oxygen atoms in total. The molecule has 0 bridgehead atoms. The van der Waals surface area contributed by atoms with Crippen molar-refractivity contribution in [2.24, 2.45) is 0 Å². The van der Waals surface area contributed by atoms with Crippen LogP contribution in [0.3, 0.4) is 0 Å². The van der Waals surface area contributed by atoms with E-state index in [0.717, 1.165) is 21.9 Å². The normalized spacial score (nSPS) is 18.5. The number of hydrogen-bond donors (Lipinski definition) is 0. The van der Waals surface area contributed by atoms with E-state index in [0.29, 0.717) is 23.2 Å². The van der Waals surface area contributed by atoms with Crippen LogP contribution in [0.1, 0.15) is 50.3 Å². The van der Waals surface area contributed by atoms with Crippen LogP contribution in [-0.2, 0) is 26.5 Å². The van der Waals surface area contributed by atoms with Crippen molar-refractivity contribution in [3.8, 4) is 0 Å². The highest BCUT2D eigenvalue weighted by Crippen LogP contribution is 2.35. The van der Waals surface area contributed by atoms with Gasteiger partial charge in [0.05, 0.1) is 17.8 Å². The quantitative estimate of drug-likeness (QED) is 0.552. The maximum Gasteiger partial charge on any atom is 0.339 e. The zero-order valence-corrected chi connectivity index (χ0v) is 20.0. The number of benzene rings is 1. The first-order chi connectivity index (χ1) is 14.9. The SMILES string of the molecule is Cc1c(CCC(=O)N(C)C2CCS(=O)(=O)C2)c(=O)oc2cc3occ(C(C)(C)C)c3cc12. The Kier molecular flexibility index (Phi) is 5.48. The van der Waals surface area contributed by atoms with E-state index < -0.39 is 15.5 Å². The molecule has 0 aliphatic carbocycles. The number of sulfone groups is 1. The van der Waals surface area contributed by atoms with E-state index in [2.05, 4.69) is 20.8 Å². The van der Waals surface area contributed by atoms with E-state index >= 15 is 0 Å². The van der Waals surface area contributed by atoms with Gasteiger partial charge in [0.15, 0.2) is 9.84 Å². The standard InChI is InChI=1S/C24H29NO6S/c1-14-16(6-7-22(26)25(5)15-8-9-32(28,29)13-15)23(27)31-21-11-20-18(10-17(14)21)19(12-30-20)24(2,3)4/h10-12,15H,6-9,13H2,1-5H3. The monoisotopic (exact) mass is 459 g/mol. The number of carbonyl (C=O) groups is 1. The molecule has 0 N–H and O–H groups in total. The fourth-order valence-electron chi connectivity index (χ4n) is 4.47. The summed E-state index contributed by atoms with van der Waals surface area (Å²) in [5.41, 5.74) is 2.90. The number of hydrogen-bond acceptors (Lipinski definition) is 6. The van der Waals surface area contributed by atoms with Gasteiger partial charge < -0.3 is 13.7 Å². The van der Waals surface area contributed by atoms with Crippen molar-refractivity contribution in [2.75, 3.05) is 18.6 Å². The summed E-state index contributed by atoms with van der Waals surface area (Å²) in [7, 11) is -1.44. The molecule has 1 aliphatic heterocycles. The Labute approximate surface area is 187 Å². The van der Waals surface area contributed by atoms with Crippen molar-refractivity contribution < 1.29 is 22.0 Å². The molecular formula is C24H29NO6S.